The van der Waals surface area contributed by atoms with E-state index in [2.05, 4.69) is 24.0 Å². The smallest absolute Gasteiger partial charge is 0.246 e. The molecule has 0 amide bonds. The van der Waals surface area contributed by atoms with Crippen molar-refractivity contribution < 1.29 is 9.26 Å². The molecule has 0 atom stereocenters. The van der Waals surface area contributed by atoms with E-state index in [1.54, 1.807) is 0 Å². The molecule has 2 N–H and O–H groups in total. The summed E-state index contributed by atoms with van der Waals surface area (Å²) in [5.74, 6) is 3.87. The SMILES string of the molecule is CC(C)CSCc1noc(C2(N)CCOCC2)n1. The number of hydrogen-bond acceptors (Lipinski definition) is 6. The third kappa shape index (κ3) is 3.46. The molecule has 1 aliphatic rings. The lowest BCUT2D eigenvalue weighted by Gasteiger charge is -2.29. The fourth-order valence-electron chi connectivity index (χ4n) is 1.85. The normalized spacial score (nSPS) is 19.3. The molecule has 1 aromatic rings. The minimum absolute atomic E-state index is 0.494. The highest BCUT2D eigenvalue weighted by Gasteiger charge is 2.35. The molecule has 6 heteroatoms. The van der Waals surface area contributed by atoms with Crippen LogP contribution >= 0.6 is 11.8 Å². The Hall–Kier alpha value is -0.590. The van der Waals surface area contributed by atoms with Crippen molar-refractivity contribution in [3.8, 4) is 0 Å². The predicted molar refractivity (Wildman–Crippen MR) is 71.2 cm³/mol. The first-order chi connectivity index (χ1) is 8.60. The van der Waals surface area contributed by atoms with Crippen LogP contribution in [0.4, 0.5) is 0 Å². The predicted octanol–water partition coefficient (Wildman–Crippen LogP) is 1.92. The summed E-state index contributed by atoms with van der Waals surface area (Å²) in [4.78, 5) is 4.42. The van der Waals surface area contributed by atoms with Gasteiger partial charge in [0.15, 0.2) is 5.82 Å². The van der Waals surface area contributed by atoms with Gasteiger partial charge in [0.25, 0.3) is 0 Å². The maximum atomic E-state index is 6.29. The summed E-state index contributed by atoms with van der Waals surface area (Å²) in [7, 11) is 0. The monoisotopic (exact) mass is 271 g/mol. The van der Waals surface area contributed by atoms with Crippen LogP contribution in [0.15, 0.2) is 4.52 Å². The Bertz CT molecular complexity index is 375. The average Bonchev–Trinajstić information content (AvgIpc) is 2.79. The molecule has 18 heavy (non-hydrogen) atoms. The molecule has 102 valence electrons. The zero-order valence-electron chi connectivity index (χ0n) is 11.0. The second-order valence-electron chi connectivity index (χ2n) is 5.19. The third-order valence-electron chi connectivity index (χ3n) is 2.96. The number of rotatable bonds is 5. The van der Waals surface area contributed by atoms with Crippen LogP contribution in [0.2, 0.25) is 0 Å². The Morgan fingerprint density at radius 2 is 2.11 bits per heavy atom. The second-order valence-corrected chi connectivity index (χ2v) is 6.22. The van der Waals surface area contributed by atoms with Crippen LogP contribution in [0.3, 0.4) is 0 Å². The first-order valence-electron chi connectivity index (χ1n) is 6.37. The Morgan fingerprint density at radius 1 is 1.39 bits per heavy atom. The number of thioether (sulfide) groups is 1. The zero-order valence-corrected chi connectivity index (χ0v) is 11.8. The molecule has 1 aliphatic heterocycles. The van der Waals surface area contributed by atoms with E-state index >= 15 is 0 Å². The second kappa shape index (κ2) is 6.04. The van der Waals surface area contributed by atoms with Crippen molar-refractivity contribution in [3.63, 3.8) is 0 Å². The number of hydrogen-bond donors (Lipinski definition) is 1. The van der Waals surface area contributed by atoms with Gasteiger partial charge in [0.05, 0.1) is 5.75 Å². The standard InChI is InChI=1S/C12H21N3O2S/c1-9(2)7-18-8-10-14-11(17-15-10)12(13)3-5-16-6-4-12/h9H,3-8,13H2,1-2H3. The molecule has 0 saturated carbocycles. The van der Waals surface area contributed by atoms with Gasteiger partial charge < -0.3 is 15.0 Å². The minimum atomic E-state index is -0.494. The minimum Gasteiger partial charge on any atom is -0.381 e. The van der Waals surface area contributed by atoms with Gasteiger partial charge in [-0.3, -0.25) is 0 Å². The summed E-state index contributed by atoms with van der Waals surface area (Å²) in [6.45, 7) is 5.73. The summed E-state index contributed by atoms with van der Waals surface area (Å²) in [5.41, 5.74) is 5.79. The van der Waals surface area contributed by atoms with Crippen LogP contribution in [0.25, 0.3) is 0 Å². The molecule has 1 aromatic heterocycles. The molecule has 0 aromatic carbocycles. The van der Waals surface area contributed by atoms with Gasteiger partial charge in [-0.05, 0) is 24.5 Å². The molecular formula is C12H21N3O2S. The van der Waals surface area contributed by atoms with Gasteiger partial charge in [-0.2, -0.15) is 16.7 Å². The quantitative estimate of drug-likeness (QED) is 0.882. The van der Waals surface area contributed by atoms with E-state index < -0.39 is 5.54 Å². The third-order valence-corrected chi connectivity index (χ3v) is 4.33. The Kier molecular flexibility index (Phi) is 4.64. The first-order valence-corrected chi connectivity index (χ1v) is 7.53. The zero-order chi connectivity index (χ0) is 13.0. The topological polar surface area (TPSA) is 74.2 Å². The number of aromatic nitrogens is 2. The van der Waals surface area contributed by atoms with Crippen molar-refractivity contribution >= 4 is 11.8 Å². The highest BCUT2D eigenvalue weighted by molar-refractivity contribution is 7.98. The summed E-state index contributed by atoms with van der Waals surface area (Å²) in [5, 5.41) is 4.01. The Balaban J connectivity index is 1.92. The van der Waals surface area contributed by atoms with Gasteiger partial charge in [0.2, 0.25) is 5.89 Å². The van der Waals surface area contributed by atoms with Crippen LogP contribution in [-0.2, 0) is 16.0 Å². The van der Waals surface area contributed by atoms with E-state index in [9.17, 15) is 0 Å². The van der Waals surface area contributed by atoms with E-state index in [0.29, 0.717) is 25.0 Å². The highest BCUT2D eigenvalue weighted by atomic mass is 32.2. The lowest BCUT2D eigenvalue weighted by molar-refractivity contribution is 0.0400. The van der Waals surface area contributed by atoms with Crippen molar-refractivity contribution in [2.45, 2.75) is 38.0 Å². The van der Waals surface area contributed by atoms with E-state index in [-0.39, 0.29) is 0 Å². The van der Waals surface area contributed by atoms with Crippen molar-refractivity contribution in [2.75, 3.05) is 19.0 Å². The maximum Gasteiger partial charge on any atom is 0.246 e. The number of ether oxygens (including phenoxy) is 1. The Morgan fingerprint density at radius 3 is 2.78 bits per heavy atom. The lowest BCUT2D eigenvalue weighted by Crippen LogP contribution is -2.42. The summed E-state index contributed by atoms with van der Waals surface area (Å²) < 4.78 is 10.6. The van der Waals surface area contributed by atoms with E-state index in [1.807, 2.05) is 11.8 Å². The molecule has 1 fully saturated rings. The van der Waals surface area contributed by atoms with Crippen LogP contribution < -0.4 is 5.73 Å². The number of nitrogens with two attached hydrogens (primary N) is 1. The summed E-state index contributed by atoms with van der Waals surface area (Å²) in [6.07, 6.45) is 1.49. The van der Waals surface area contributed by atoms with Crippen molar-refractivity contribution in [1.82, 2.24) is 10.1 Å². The highest BCUT2D eigenvalue weighted by Crippen LogP contribution is 2.28. The van der Waals surface area contributed by atoms with Crippen LogP contribution in [0, 0.1) is 5.92 Å². The summed E-state index contributed by atoms with van der Waals surface area (Å²) in [6, 6.07) is 0. The molecule has 0 aliphatic carbocycles. The lowest BCUT2D eigenvalue weighted by atomic mass is 9.91. The van der Waals surface area contributed by atoms with Gasteiger partial charge in [0, 0.05) is 13.2 Å². The van der Waals surface area contributed by atoms with Crippen LogP contribution in [0.1, 0.15) is 38.4 Å². The first kappa shape index (κ1) is 13.8. The van der Waals surface area contributed by atoms with Crippen molar-refractivity contribution in [2.24, 2.45) is 11.7 Å². The molecule has 0 radical (unpaired) electrons. The number of nitrogens with zero attached hydrogens (tertiary/aromatic N) is 2. The van der Waals surface area contributed by atoms with Gasteiger partial charge in [-0.25, -0.2) is 0 Å². The van der Waals surface area contributed by atoms with E-state index in [1.165, 1.54) is 0 Å². The van der Waals surface area contributed by atoms with Gasteiger partial charge in [0.1, 0.15) is 5.54 Å². The molecule has 0 spiro atoms. The van der Waals surface area contributed by atoms with Crippen molar-refractivity contribution in [3.05, 3.63) is 11.7 Å². The van der Waals surface area contributed by atoms with E-state index in [4.69, 9.17) is 15.0 Å². The molecule has 2 rings (SSSR count). The van der Waals surface area contributed by atoms with E-state index in [0.717, 1.165) is 30.2 Å². The van der Waals surface area contributed by atoms with Crippen LogP contribution in [0.5, 0.6) is 0 Å². The van der Waals surface area contributed by atoms with Gasteiger partial charge >= 0.3 is 0 Å². The van der Waals surface area contributed by atoms with Crippen molar-refractivity contribution in [1.29, 1.82) is 0 Å². The molecular weight excluding hydrogens is 250 g/mol. The molecule has 0 unspecified atom stereocenters. The Labute approximate surface area is 112 Å². The van der Waals surface area contributed by atoms with Gasteiger partial charge in [-0.15, -0.1) is 0 Å². The molecule has 2 heterocycles. The van der Waals surface area contributed by atoms with Crippen LogP contribution in [-0.4, -0.2) is 29.1 Å². The summed E-state index contributed by atoms with van der Waals surface area (Å²) >= 11 is 1.82. The van der Waals surface area contributed by atoms with Gasteiger partial charge in [-0.1, -0.05) is 19.0 Å². The fraction of sp³-hybridized carbons (Fsp3) is 0.833. The molecule has 0 bridgehead atoms. The fourth-order valence-corrected chi connectivity index (χ4v) is 2.74. The molecule has 5 nitrogen and oxygen atoms in total. The average molecular weight is 271 g/mol. The largest absolute Gasteiger partial charge is 0.381 e. The molecule has 1 saturated heterocycles. The maximum absolute atomic E-state index is 6.29.